The Bertz CT molecular complexity index is 1290. The highest BCUT2D eigenvalue weighted by Gasteiger charge is 2.24. The number of ether oxygens (including phenoxy) is 1. The summed E-state index contributed by atoms with van der Waals surface area (Å²) in [4.78, 5) is 26.7. The second-order valence-electron chi connectivity index (χ2n) is 9.15. The van der Waals surface area contributed by atoms with Crippen molar-refractivity contribution in [2.75, 3.05) is 26.2 Å². The zero-order valence-corrected chi connectivity index (χ0v) is 20.6. The molecule has 7 heteroatoms. The van der Waals surface area contributed by atoms with Crippen molar-refractivity contribution in [3.05, 3.63) is 108 Å². The second kappa shape index (κ2) is 11.2. The molecule has 1 amide bonds. The number of pyridine rings is 1. The number of hydrogen-bond acceptors (Lipinski definition) is 5. The predicted molar refractivity (Wildman–Crippen MR) is 139 cm³/mol. The van der Waals surface area contributed by atoms with Gasteiger partial charge in [0.05, 0.1) is 6.54 Å². The Morgan fingerprint density at radius 2 is 1.69 bits per heavy atom. The summed E-state index contributed by atoms with van der Waals surface area (Å²) in [6.07, 6.45) is 6.46. The third-order valence-corrected chi connectivity index (χ3v) is 6.48. The first kappa shape index (κ1) is 23.8. The number of aromatic nitrogens is 3. The fourth-order valence-corrected chi connectivity index (χ4v) is 4.47. The zero-order chi connectivity index (χ0) is 24.7. The van der Waals surface area contributed by atoms with E-state index in [0.717, 1.165) is 44.0 Å². The Labute approximate surface area is 212 Å². The highest BCUT2D eigenvalue weighted by Crippen LogP contribution is 2.25. The largest absolute Gasteiger partial charge is 0.438 e. The summed E-state index contributed by atoms with van der Waals surface area (Å²) >= 11 is 0. The standard InChI is InChI=1S/C29H31N5O2/c1-23-10-12-25(13-11-23)36-28-26(9-5-14-31-28)29(35)33-17-6-16-32(19-20-33)22-27-30-15-18-34(27)21-24-7-3-2-4-8-24/h2-5,7-15,18H,6,16-17,19-22H2,1H3. The minimum atomic E-state index is -0.0439. The van der Waals surface area contributed by atoms with E-state index < -0.39 is 0 Å². The molecular formula is C29H31N5O2. The van der Waals surface area contributed by atoms with Gasteiger partial charge in [0.25, 0.3) is 5.91 Å². The number of benzene rings is 2. The van der Waals surface area contributed by atoms with Crippen molar-refractivity contribution in [3.63, 3.8) is 0 Å². The first-order valence-electron chi connectivity index (χ1n) is 12.4. The lowest BCUT2D eigenvalue weighted by Crippen LogP contribution is -2.35. The lowest BCUT2D eigenvalue weighted by Gasteiger charge is -2.23. The molecule has 1 aliphatic heterocycles. The van der Waals surface area contributed by atoms with Gasteiger partial charge in [-0.05, 0) is 43.2 Å². The van der Waals surface area contributed by atoms with E-state index >= 15 is 0 Å². The molecule has 1 fully saturated rings. The maximum atomic E-state index is 13.5. The summed E-state index contributed by atoms with van der Waals surface area (Å²) in [5, 5.41) is 0. The molecule has 0 atom stereocenters. The van der Waals surface area contributed by atoms with E-state index in [1.54, 1.807) is 18.3 Å². The smallest absolute Gasteiger partial charge is 0.259 e. The highest BCUT2D eigenvalue weighted by atomic mass is 16.5. The Balaban J connectivity index is 1.23. The monoisotopic (exact) mass is 481 g/mol. The van der Waals surface area contributed by atoms with E-state index in [4.69, 9.17) is 4.74 Å². The molecule has 0 bridgehead atoms. The Morgan fingerprint density at radius 1 is 0.861 bits per heavy atom. The molecule has 0 saturated carbocycles. The van der Waals surface area contributed by atoms with Crippen LogP contribution in [0.4, 0.5) is 0 Å². The van der Waals surface area contributed by atoms with Gasteiger partial charge in [0.1, 0.15) is 17.1 Å². The molecular weight excluding hydrogens is 450 g/mol. The lowest BCUT2D eigenvalue weighted by atomic mass is 10.2. The average molecular weight is 482 g/mol. The molecule has 4 aromatic rings. The fraction of sp³-hybridized carbons (Fsp3) is 0.276. The highest BCUT2D eigenvalue weighted by molar-refractivity contribution is 5.96. The number of aryl methyl sites for hydroxylation is 1. The maximum Gasteiger partial charge on any atom is 0.259 e. The van der Waals surface area contributed by atoms with Gasteiger partial charge in [0, 0.05) is 51.3 Å². The average Bonchev–Trinajstić information content (AvgIpc) is 3.19. The van der Waals surface area contributed by atoms with Gasteiger partial charge in [-0.3, -0.25) is 9.69 Å². The van der Waals surface area contributed by atoms with E-state index in [1.807, 2.05) is 54.5 Å². The van der Waals surface area contributed by atoms with Gasteiger partial charge in [-0.2, -0.15) is 0 Å². The van der Waals surface area contributed by atoms with E-state index in [9.17, 15) is 4.79 Å². The molecule has 1 aliphatic rings. The zero-order valence-electron chi connectivity index (χ0n) is 20.6. The molecule has 2 aromatic carbocycles. The quantitative estimate of drug-likeness (QED) is 0.380. The van der Waals surface area contributed by atoms with Gasteiger partial charge < -0.3 is 14.2 Å². The second-order valence-corrected chi connectivity index (χ2v) is 9.15. The topological polar surface area (TPSA) is 63.5 Å². The van der Waals surface area contributed by atoms with Crippen LogP contribution in [-0.4, -0.2) is 56.4 Å². The molecule has 36 heavy (non-hydrogen) atoms. The van der Waals surface area contributed by atoms with Gasteiger partial charge in [-0.25, -0.2) is 9.97 Å². The molecule has 184 valence electrons. The number of carbonyl (C=O) groups is 1. The molecule has 7 nitrogen and oxygen atoms in total. The van der Waals surface area contributed by atoms with Crippen molar-refractivity contribution < 1.29 is 9.53 Å². The van der Waals surface area contributed by atoms with Crippen LogP contribution in [0.5, 0.6) is 11.6 Å². The van der Waals surface area contributed by atoms with Crippen LogP contribution in [0.1, 0.15) is 33.7 Å². The number of hydrogen-bond donors (Lipinski definition) is 0. The number of imidazole rings is 1. The Kier molecular flexibility index (Phi) is 7.38. The minimum Gasteiger partial charge on any atom is -0.438 e. The Hall–Kier alpha value is -3.97. The van der Waals surface area contributed by atoms with Crippen LogP contribution in [0.2, 0.25) is 0 Å². The molecule has 1 saturated heterocycles. The fourth-order valence-electron chi connectivity index (χ4n) is 4.47. The van der Waals surface area contributed by atoms with E-state index in [-0.39, 0.29) is 5.91 Å². The van der Waals surface area contributed by atoms with Crippen LogP contribution in [0.3, 0.4) is 0 Å². The molecule has 0 radical (unpaired) electrons. The first-order valence-corrected chi connectivity index (χ1v) is 12.4. The predicted octanol–water partition coefficient (Wildman–Crippen LogP) is 4.78. The van der Waals surface area contributed by atoms with Gasteiger partial charge in [-0.1, -0.05) is 48.0 Å². The maximum absolute atomic E-state index is 13.5. The van der Waals surface area contributed by atoms with Crippen molar-refractivity contribution in [3.8, 4) is 11.6 Å². The third kappa shape index (κ3) is 5.80. The van der Waals surface area contributed by atoms with E-state index in [2.05, 4.69) is 43.7 Å². The van der Waals surface area contributed by atoms with Gasteiger partial charge >= 0.3 is 0 Å². The van der Waals surface area contributed by atoms with Crippen LogP contribution >= 0.6 is 0 Å². The van der Waals surface area contributed by atoms with Crippen LogP contribution < -0.4 is 4.74 Å². The molecule has 3 heterocycles. The summed E-state index contributed by atoms with van der Waals surface area (Å²) in [6, 6.07) is 21.7. The molecule has 5 rings (SSSR count). The molecule has 0 N–H and O–H groups in total. The van der Waals surface area contributed by atoms with E-state index in [1.165, 1.54) is 5.56 Å². The minimum absolute atomic E-state index is 0.0439. The van der Waals surface area contributed by atoms with Crippen molar-refractivity contribution >= 4 is 5.91 Å². The van der Waals surface area contributed by atoms with Crippen LogP contribution in [0, 0.1) is 6.92 Å². The molecule has 0 unspecified atom stereocenters. The number of carbonyl (C=O) groups excluding carboxylic acids is 1. The number of amides is 1. The van der Waals surface area contributed by atoms with Crippen molar-refractivity contribution in [2.45, 2.75) is 26.4 Å². The normalized spacial score (nSPS) is 14.4. The number of nitrogens with zero attached hydrogens (tertiary/aromatic N) is 5. The third-order valence-electron chi connectivity index (χ3n) is 6.48. The number of rotatable bonds is 7. The first-order chi connectivity index (χ1) is 17.7. The van der Waals surface area contributed by atoms with Crippen LogP contribution in [0.25, 0.3) is 0 Å². The van der Waals surface area contributed by atoms with E-state index in [0.29, 0.717) is 30.3 Å². The van der Waals surface area contributed by atoms with Gasteiger partial charge in [0.15, 0.2) is 0 Å². The van der Waals surface area contributed by atoms with Crippen molar-refractivity contribution in [1.82, 2.24) is 24.3 Å². The SMILES string of the molecule is Cc1ccc(Oc2ncccc2C(=O)N2CCCN(Cc3nccn3Cc3ccccc3)CC2)cc1. The summed E-state index contributed by atoms with van der Waals surface area (Å²) in [5.74, 6) is 2.01. The summed E-state index contributed by atoms with van der Waals surface area (Å²) in [7, 11) is 0. The molecule has 2 aromatic heterocycles. The Morgan fingerprint density at radius 3 is 2.53 bits per heavy atom. The van der Waals surface area contributed by atoms with Crippen molar-refractivity contribution in [2.24, 2.45) is 0 Å². The summed E-state index contributed by atoms with van der Waals surface area (Å²) < 4.78 is 8.18. The molecule has 0 spiro atoms. The lowest BCUT2D eigenvalue weighted by molar-refractivity contribution is 0.0757. The summed E-state index contributed by atoms with van der Waals surface area (Å²) in [5.41, 5.74) is 2.89. The molecule has 0 aliphatic carbocycles. The van der Waals surface area contributed by atoms with Crippen LogP contribution in [-0.2, 0) is 13.1 Å². The van der Waals surface area contributed by atoms with Crippen LogP contribution in [0.15, 0.2) is 85.3 Å². The van der Waals surface area contributed by atoms with Gasteiger partial charge in [-0.15, -0.1) is 0 Å². The summed E-state index contributed by atoms with van der Waals surface area (Å²) in [6.45, 7) is 6.65. The van der Waals surface area contributed by atoms with Gasteiger partial charge in [0.2, 0.25) is 5.88 Å². The van der Waals surface area contributed by atoms with Crippen molar-refractivity contribution in [1.29, 1.82) is 0 Å².